The number of hydrogen-bond donors (Lipinski definition) is 0. The summed E-state index contributed by atoms with van der Waals surface area (Å²) < 4.78 is 0. The van der Waals surface area contributed by atoms with Crippen LogP contribution in [0.25, 0.3) is 0 Å². The van der Waals surface area contributed by atoms with Crippen LogP contribution in [0.2, 0.25) is 0 Å². The summed E-state index contributed by atoms with van der Waals surface area (Å²) in [7, 11) is 0. The number of hydrogen-bond acceptors (Lipinski definition) is 0. The van der Waals surface area contributed by atoms with Crippen molar-refractivity contribution in [2.24, 2.45) is 70.0 Å². The molecule has 11 saturated carbocycles. The van der Waals surface area contributed by atoms with Crippen LogP contribution in [0.3, 0.4) is 0 Å². The average Bonchev–Trinajstić information content (AvgIpc) is 2.57. The van der Waals surface area contributed by atoms with Crippen molar-refractivity contribution in [3.05, 3.63) is 0 Å². The van der Waals surface area contributed by atoms with E-state index < -0.39 is 0 Å². The van der Waals surface area contributed by atoms with Crippen LogP contribution in [0.4, 0.5) is 0 Å². The van der Waals surface area contributed by atoms with Gasteiger partial charge in [0.2, 0.25) is 0 Å². The lowest BCUT2D eigenvalue weighted by molar-refractivity contribution is -0.320. The molecule has 0 aliphatic heterocycles. The van der Waals surface area contributed by atoms with Gasteiger partial charge in [-0.1, -0.05) is 0 Å². The highest BCUT2D eigenvalue weighted by Crippen LogP contribution is 2.83. The van der Waals surface area contributed by atoms with E-state index in [0.717, 1.165) is 10.8 Å². The Kier molecular flexibility index (Phi) is 2.10. The van der Waals surface area contributed by atoms with E-state index >= 15 is 0 Å². The molecule has 11 aliphatic rings. The second-order valence-corrected chi connectivity index (χ2v) is 12.6. The van der Waals surface area contributed by atoms with E-state index in [-0.39, 0.29) is 0 Å². The molecule has 0 N–H and O–H groups in total. The predicted molar refractivity (Wildman–Crippen MR) is 95.2 cm³/mol. The molecule has 0 amide bonds. The molecular weight excluding hydrogens is 288 g/mol. The summed E-state index contributed by atoms with van der Waals surface area (Å²) in [5.41, 5.74) is 1.74. The summed E-state index contributed by atoms with van der Waals surface area (Å²) in [6.07, 6.45) is 20.2. The van der Waals surface area contributed by atoms with Crippen LogP contribution >= 0.6 is 0 Å². The van der Waals surface area contributed by atoms with Gasteiger partial charge in [0.1, 0.15) is 0 Å². The van der Waals surface area contributed by atoms with Crippen molar-refractivity contribution < 1.29 is 0 Å². The Bertz CT molecular complexity index is 556. The molecule has 0 nitrogen and oxygen atoms in total. The van der Waals surface area contributed by atoms with Crippen molar-refractivity contribution >= 4 is 0 Å². The Balaban J connectivity index is 1.34. The summed E-state index contributed by atoms with van der Waals surface area (Å²) in [4.78, 5) is 0. The first kappa shape index (κ1) is 13.2. The molecule has 0 spiro atoms. The van der Waals surface area contributed by atoms with Gasteiger partial charge in [-0.05, 0) is 147 Å². The zero-order valence-corrected chi connectivity index (χ0v) is 15.3. The minimum Gasteiger partial charge on any atom is -0.0475 e. The third-order valence-electron chi connectivity index (χ3n) is 12.1. The molecule has 4 unspecified atom stereocenters. The van der Waals surface area contributed by atoms with E-state index in [1.54, 1.807) is 77.0 Å². The van der Waals surface area contributed by atoms with Crippen LogP contribution in [0.15, 0.2) is 0 Å². The maximum Gasteiger partial charge on any atom is -0.0176 e. The van der Waals surface area contributed by atoms with Gasteiger partial charge in [-0.2, -0.15) is 0 Å². The van der Waals surface area contributed by atoms with E-state index in [2.05, 4.69) is 0 Å². The van der Waals surface area contributed by atoms with E-state index in [1.165, 1.54) is 59.2 Å². The summed E-state index contributed by atoms with van der Waals surface area (Å²) in [5, 5.41) is 0. The van der Waals surface area contributed by atoms with Crippen molar-refractivity contribution in [3.63, 3.8) is 0 Å². The minimum absolute atomic E-state index is 0.861. The molecule has 0 aromatic rings. The molecule has 0 aromatic heterocycles. The second kappa shape index (κ2) is 3.82. The van der Waals surface area contributed by atoms with Gasteiger partial charge in [0.15, 0.2) is 0 Å². The maximum atomic E-state index is 1.72. The Morgan fingerprint density at radius 1 is 0.417 bits per heavy atom. The van der Waals surface area contributed by atoms with E-state index in [9.17, 15) is 0 Å². The van der Waals surface area contributed by atoms with Crippen LogP contribution < -0.4 is 0 Å². The van der Waals surface area contributed by atoms with Crippen LogP contribution in [0.5, 0.6) is 0 Å². The molecule has 0 radical (unpaired) electrons. The standard InChI is InChI=1S/C24H34/c1-14-2-16-3-15(1)10-23(9-14,11-16)24-12-17-5-19-18-4-13(7-21(19)24)8-22(24)20(18)6-17/h13-22H,1-12H2. The van der Waals surface area contributed by atoms with Crippen molar-refractivity contribution in [1.29, 1.82) is 0 Å². The molecule has 11 aliphatic carbocycles. The Morgan fingerprint density at radius 3 is 1.50 bits per heavy atom. The molecule has 130 valence electrons. The average molecular weight is 323 g/mol. The molecule has 11 fully saturated rings. The van der Waals surface area contributed by atoms with Gasteiger partial charge in [0.05, 0.1) is 0 Å². The monoisotopic (exact) mass is 322 g/mol. The molecule has 24 heavy (non-hydrogen) atoms. The lowest BCUT2D eigenvalue weighted by Crippen LogP contribution is -2.73. The number of rotatable bonds is 1. The van der Waals surface area contributed by atoms with Gasteiger partial charge in [0, 0.05) is 0 Å². The minimum atomic E-state index is 0.861. The molecule has 11 rings (SSSR count). The first-order valence-electron chi connectivity index (χ1n) is 11.7. The predicted octanol–water partition coefficient (Wildman–Crippen LogP) is 5.91. The van der Waals surface area contributed by atoms with E-state index in [1.807, 2.05) is 0 Å². The highest BCUT2D eigenvalue weighted by molar-refractivity contribution is 5.24. The lowest BCUT2D eigenvalue weighted by atomic mass is 9.24. The van der Waals surface area contributed by atoms with Gasteiger partial charge in [-0.25, -0.2) is 0 Å². The fourth-order valence-corrected chi connectivity index (χ4v) is 12.6. The van der Waals surface area contributed by atoms with Crippen LogP contribution in [-0.2, 0) is 0 Å². The molecular formula is C24H34. The largest absolute Gasteiger partial charge is 0.0475 e. The highest BCUT2D eigenvalue weighted by Gasteiger charge is 2.76. The van der Waals surface area contributed by atoms with Gasteiger partial charge < -0.3 is 0 Å². The quantitative estimate of drug-likeness (QED) is 0.563. The third-order valence-corrected chi connectivity index (χ3v) is 12.1. The summed E-state index contributed by atoms with van der Waals surface area (Å²) in [6, 6.07) is 0. The first-order chi connectivity index (χ1) is 11.7. The van der Waals surface area contributed by atoms with Crippen LogP contribution in [0, 0.1) is 70.0 Å². The van der Waals surface area contributed by atoms with Crippen LogP contribution in [0.1, 0.15) is 77.0 Å². The SMILES string of the molecule is C1C2CC3CC1CC(C14CC5CC6C7CC(CC61)CC4C7C5)(C2)C3. The molecule has 0 heterocycles. The zero-order chi connectivity index (χ0) is 15.3. The molecule has 12 bridgehead atoms. The molecule has 0 heteroatoms. The Hall–Kier alpha value is 0. The summed E-state index contributed by atoms with van der Waals surface area (Å²) in [6.45, 7) is 0. The smallest absolute Gasteiger partial charge is 0.0176 e. The molecule has 4 atom stereocenters. The Labute approximate surface area is 147 Å². The molecule has 0 aromatic carbocycles. The van der Waals surface area contributed by atoms with Gasteiger partial charge >= 0.3 is 0 Å². The summed E-state index contributed by atoms with van der Waals surface area (Å²) in [5.74, 6) is 11.9. The van der Waals surface area contributed by atoms with Crippen molar-refractivity contribution in [2.75, 3.05) is 0 Å². The summed E-state index contributed by atoms with van der Waals surface area (Å²) >= 11 is 0. The normalized spacial score (nSPS) is 73.0. The fraction of sp³-hybridized carbons (Fsp3) is 1.00. The van der Waals surface area contributed by atoms with Gasteiger partial charge in [0.25, 0.3) is 0 Å². The van der Waals surface area contributed by atoms with Crippen LogP contribution in [-0.4, -0.2) is 0 Å². The van der Waals surface area contributed by atoms with Gasteiger partial charge in [-0.15, -0.1) is 0 Å². The topological polar surface area (TPSA) is 0 Å². The second-order valence-electron chi connectivity index (χ2n) is 12.6. The fourth-order valence-electron chi connectivity index (χ4n) is 12.6. The van der Waals surface area contributed by atoms with Gasteiger partial charge in [-0.3, -0.25) is 0 Å². The zero-order valence-electron chi connectivity index (χ0n) is 15.3. The first-order valence-corrected chi connectivity index (χ1v) is 11.7. The Morgan fingerprint density at radius 2 is 0.917 bits per heavy atom. The van der Waals surface area contributed by atoms with E-state index in [0.29, 0.717) is 0 Å². The van der Waals surface area contributed by atoms with E-state index in [4.69, 9.17) is 0 Å². The van der Waals surface area contributed by atoms with Crippen molar-refractivity contribution in [1.82, 2.24) is 0 Å². The molecule has 0 saturated heterocycles. The lowest BCUT2D eigenvalue weighted by Gasteiger charge is -2.81. The maximum absolute atomic E-state index is 1.72. The van der Waals surface area contributed by atoms with Crippen molar-refractivity contribution in [2.45, 2.75) is 77.0 Å². The third kappa shape index (κ3) is 1.22. The van der Waals surface area contributed by atoms with Crippen molar-refractivity contribution in [3.8, 4) is 0 Å². The highest BCUT2D eigenvalue weighted by atomic mass is 14.8.